The van der Waals surface area contributed by atoms with E-state index in [0.717, 1.165) is 5.56 Å². The zero-order chi connectivity index (χ0) is 17.6. The molecular formula is C18H28N2O3. The van der Waals surface area contributed by atoms with Gasteiger partial charge in [-0.3, -0.25) is 9.59 Å². The number of ether oxygens (including phenoxy) is 1. The van der Waals surface area contributed by atoms with Crippen molar-refractivity contribution >= 4 is 11.9 Å². The second kappa shape index (κ2) is 8.11. The van der Waals surface area contributed by atoms with Crippen LogP contribution in [0.2, 0.25) is 0 Å². The molecule has 2 unspecified atom stereocenters. The number of nitrogens with two attached hydrogens (primary N) is 1. The van der Waals surface area contributed by atoms with Crippen molar-refractivity contribution in [3.63, 3.8) is 0 Å². The van der Waals surface area contributed by atoms with Gasteiger partial charge < -0.3 is 15.8 Å². The molecule has 1 rings (SSSR count). The van der Waals surface area contributed by atoms with Gasteiger partial charge in [0.2, 0.25) is 5.91 Å². The van der Waals surface area contributed by atoms with Crippen LogP contribution in [0.25, 0.3) is 0 Å². The fourth-order valence-electron chi connectivity index (χ4n) is 2.14. The summed E-state index contributed by atoms with van der Waals surface area (Å²) in [5, 5.41) is 2.89. The van der Waals surface area contributed by atoms with E-state index in [2.05, 4.69) is 26.1 Å². The Kier molecular flexibility index (Phi) is 6.76. The summed E-state index contributed by atoms with van der Waals surface area (Å²) in [6.45, 7) is 8.43. The van der Waals surface area contributed by atoms with Gasteiger partial charge in [-0.15, -0.1) is 0 Å². The van der Waals surface area contributed by atoms with Crippen molar-refractivity contribution in [3.05, 3.63) is 35.4 Å². The van der Waals surface area contributed by atoms with Crippen LogP contribution in [0.3, 0.4) is 0 Å². The first-order valence-electron chi connectivity index (χ1n) is 7.86. The Morgan fingerprint density at radius 1 is 1.22 bits per heavy atom. The molecule has 1 aromatic rings. The minimum Gasteiger partial charge on any atom is -0.469 e. The van der Waals surface area contributed by atoms with Crippen LogP contribution in [0.1, 0.15) is 51.3 Å². The van der Waals surface area contributed by atoms with E-state index in [1.165, 1.54) is 12.7 Å². The molecule has 0 bridgehead atoms. The number of hydrogen-bond donors (Lipinski definition) is 2. The van der Waals surface area contributed by atoms with Crippen molar-refractivity contribution < 1.29 is 14.3 Å². The lowest BCUT2D eigenvalue weighted by atomic mass is 9.86. The maximum Gasteiger partial charge on any atom is 0.307 e. The van der Waals surface area contributed by atoms with Crippen molar-refractivity contribution in [2.45, 2.75) is 45.6 Å². The second-order valence-electron chi connectivity index (χ2n) is 6.85. The third-order valence-electron chi connectivity index (χ3n) is 3.90. The van der Waals surface area contributed by atoms with Gasteiger partial charge in [-0.25, -0.2) is 0 Å². The average molecular weight is 320 g/mol. The Bertz CT molecular complexity index is 532. The van der Waals surface area contributed by atoms with Crippen LogP contribution >= 0.6 is 0 Å². The van der Waals surface area contributed by atoms with E-state index in [4.69, 9.17) is 10.5 Å². The molecule has 3 N–H and O–H groups in total. The van der Waals surface area contributed by atoms with E-state index in [1.807, 2.05) is 24.3 Å². The monoisotopic (exact) mass is 320 g/mol. The van der Waals surface area contributed by atoms with Crippen molar-refractivity contribution in [1.82, 2.24) is 5.32 Å². The molecule has 0 spiro atoms. The summed E-state index contributed by atoms with van der Waals surface area (Å²) in [6, 6.07) is 7.53. The molecule has 5 nitrogen and oxygen atoms in total. The summed E-state index contributed by atoms with van der Waals surface area (Å²) >= 11 is 0. The van der Waals surface area contributed by atoms with Crippen LogP contribution in [-0.4, -0.2) is 25.5 Å². The van der Waals surface area contributed by atoms with Gasteiger partial charge in [0.05, 0.1) is 19.6 Å². The highest BCUT2D eigenvalue weighted by molar-refractivity contribution is 5.80. The topological polar surface area (TPSA) is 81.4 Å². The molecule has 0 fully saturated rings. The van der Waals surface area contributed by atoms with Crippen LogP contribution in [0, 0.1) is 5.92 Å². The Labute approximate surface area is 138 Å². The molecule has 0 aliphatic rings. The molecule has 5 heteroatoms. The SMILES string of the molecule is COC(=O)CC(NC(=O)C(C)CN)c1ccc(C(C)(C)C)cc1. The summed E-state index contributed by atoms with van der Waals surface area (Å²) in [5.41, 5.74) is 7.65. The Morgan fingerprint density at radius 2 is 1.78 bits per heavy atom. The van der Waals surface area contributed by atoms with E-state index in [-0.39, 0.29) is 36.2 Å². The zero-order valence-electron chi connectivity index (χ0n) is 14.7. The second-order valence-corrected chi connectivity index (χ2v) is 6.85. The molecule has 1 aromatic carbocycles. The number of benzene rings is 1. The standard InChI is InChI=1S/C18H28N2O3/c1-12(11-19)17(22)20-15(10-16(21)23-5)13-6-8-14(9-7-13)18(2,3)4/h6-9,12,15H,10-11,19H2,1-5H3,(H,20,22). The molecular weight excluding hydrogens is 292 g/mol. The largest absolute Gasteiger partial charge is 0.469 e. The van der Waals surface area contributed by atoms with Crippen molar-refractivity contribution in [3.8, 4) is 0 Å². The number of amides is 1. The maximum absolute atomic E-state index is 12.1. The summed E-state index contributed by atoms with van der Waals surface area (Å²) in [5.74, 6) is -0.833. The minimum atomic E-state index is -0.419. The summed E-state index contributed by atoms with van der Waals surface area (Å²) in [6.07, 6.45) is 0.0917. The smallest absolute Gasteiger partial charge is 0.307 e. The van der Waals surface area contributed by atoms with Crippen LogP contribution in [0.4, 0.5) is 0 Å². The molecule has 0 aliphatic carbocycles. The molecule has 0 heterocycles. The number of methoxy groups -OCH3 is 1. The molecule has 23 heavy (non-hydrogen) atoms. The number of carbonyl (C=O) groups is 2. The first-order valence-corrected chi connectivity index (χ1v) is 7.86. The van der Waals surface area contributed by atoms with Gasteiger partial charge in [0.25, 0.3) is 0 Å². The van der Waals surface area contributed by atoms with E-state index < -0.39 is 6.04 Å². The van der Waals surface area contributed by atoms with Crippen LogP contribution in [0.15, 0.2) is 24.3 Å². The molecule has 0 aliphatic heterocycles. The van der Waals surface area contributed by atoms with Crippen LogP contribution < -0.4 is 11.1 Å². The Hall–Kier alpha value is -1.88. The fraction of sp³-hybridized carbons (Fsp3) is 0.556. The van der Waals surface area contributed by atoms with Crippen molar-refractivity contribution in [2.24, 2.45) is 11.7 Å². The normalized spacial score (nSPS) is 14.0. The lowest BCUT2D eigenvalue weighted by Crippen LogP contribution is -2.37. The number of nitrogens with one attached hydrogen (secondary N) is 1. The summed E-state index contributed by atoms with van der Waals surface area (Å²) in [7, 11) is 1.34. The molecule has 0 aromatic heterocycles. The quantitative estimate of drug-likeness (QED) is 0.788. The van der Waals surface area contributed by atoms with E-state index in [0.29, 0.717) is 0 Å². The highest BCUT2D eigenvalue weighted by Gasteiger charge is 2.22. The van der Waals surface area contributed by atoms with Crippen LogP contribution in [-0.2, 0) is 19.7 Å². The average Bonchev–Trinajstić information content (AvgIpc) is 2.52. The highest BCUT2D eigenvalue weighted by Crippen LogP contribution is 2.25. The lowest BCUT2D eigenvalue weighted by molar-refractivity contribution is -0.141. The molecule has 128 valence electrons. The Morgan fingerprint density at radius 3 is 2.22 bits per heavy atom. The molecule has 0 saturated carbocycles. The Balaban J connectivity index is 2.99. The first kappa shape index (κ1) is 19.2. The van der Waals surface area contributed by atoms with E-state index in [9.17, 15) is 9.59 Å². The number of hydrogen-bond acceptors (Lipinski definition) is 4. The summed E-state index contributed by atoms with van der Waals surface area (Å²) < 4.78 is 4.73. The zero-order valence-corrected chi connectivity index (χ0v) is 14.7. The van der Waals surface area contributed by atoms with Gasteiger partial charge >= 0.3 is 5.97 Å². The molecule has 0 radical (unpaired) electrons. The predicted octanol–water partition coefficient (Wildman–Crippen LogP) is 2.30. The van der Waals surface area contributed by atoms with Gasteiger partial charge in [0.15, 0.2) is 0 Å². The summed E-state index contributed by atoms with van der Waals surface area (Å²) in [4.78, 5) is 23.8. The van der Waals surface area contributed by atoms with Gasteiger partial charge in [0, 0.05) is 12.5 Å². The lowest BCUT2D eigenvalue weighted by Gasteiger charge is -2.23. The molecule has 0 saturated heterocycles. The minimum absolute atomic E-state index is 0.0493. The van der Waals surface area contributed by atoms with Gasteiger partial charge in [-0.1, -0.05) is 52.0 Å². The molecule has 1 amide bonds. The first-order chi connectivity index (χ1) is 10.7. The van der Waals surface area contributed by atoms with Crippen molar-refractivity contribution in [2.75, 3.05) is 13.7 Å². The van der Waals surface area contributed by atoms with Crippen LogP contribution in [0.5, 0.6) is 0 Å². The number of rotatable bonds is 6. The van der Waals surface area contributed by atoms with Gasteiger partial charge in [-0.2, -0.15) is 0 Å². The van der Waals surface area contributed by atoms with Gasteiger partial charge in [0.1, 0.15) is 0 Å². The van der Waals surface area contributed by atoms with Gasteiger partial charge in [-0.05, 0) is 16.5 Å². The number of esters is 1. The maximum atomic E-state index is 12.1. The predicted molar refractivity (Wildman–Crippen MR) is 90.9 cm³/mol. The van der Waals surface area contributed by atoms with E-state index >= 15 is 0 Å². The third kappa shape index (κ3) is 5.67. The highest BCUT2D eigenvalue weighted by atomic mass is 16.5. The fourth-order valence-corrected chi connectivity index (χ4v) is 2.14. The molecule has 2 atom stereocenters. The van der Waals surface area contributed by atoms with Crippen molar-refractivity contribution in [1.29, 1.82) is 0 Å². The number of carbonyl (C=O) groups excluding carboxylic acids is 2. The third-order valence-corrected chi connectivity index (χ3v) is 3.90. The van der Waals surface area contributed by atoms with E-state index in [1.54, 1.807) is 6.92 Å².